The molecule has 28 heavy (non-hydrogen) atoms. The molecule has 0 saturated carbocycles. The number of halogens is 2. The van der Waals surface area contributed by atoms with Crippen LogP contribution in [0.25, 0.3) is 0 Å². The first-order chi connectivity index (χ1) is 13.4. The summed E-state index contributed by atoms with van der Waals surface area (Å²) in [6.07, 6.45) is 4.27. The van der Waals surface area contributed by atoms with Gasteiger partial charge in [0.1, 0.15) is 23.5 Å². The molecule has 0 saturated heterocycles. The van der Waals surface area contributed by atoms with Gasteiger partial charge in [-0.3, -0.25) is 24.3 Å². The molecule has 146 valence electrons. The van der Waals surface area contributed by atoms with Crippen molar-refractivity contribution < 1.29 is 9.72 Å². The van der Waals surface area contributed by atoms with Gasteiger partial charge in [-0.05, 0) is 18.1 Å². The first kappa shape index (κ1) is 19.8. The van der Waals surface area contributed by atoms with Crippen LogP contribution in [0.1, 0.15) is 24.9 Å². The first-order valence-electron chi connectivity index (χ1n) is 8.34. The summed E-state index contributed by atoms with van der Waals surface area (Å²) < 4.78 is 2.82. The van der Waals surface area contributed by atoms with Gasteiger partial charge in [-0.15, -0.1) is 0 Å². The summed E-state index contributed by atoms with van der Waals surface area (Å²) in [5.41, 5.74) is 0.671. The second kappa shape index (κ2) is 8.41. The molecule has 1 aromatic carbocycles. The molecule has 2 heterocycles. The number of benzene rings is 1. The van der Waals surface area contributed by atoms with Crippen LogP contribution in [0.4, 0.5) is 11.5 Å². The average Bonchev–Trinajstić information content (AvgIpc) is 3.25. The molecular weight excluding hydrogens is 407 g/mol. The number of carbonyl (C=O) groups is 1. The quantitative estimate of drug-likeness (QED) is 0.458. The van der Waals surface area contributed by atoms with Gasteiger partial charge >= 0.3 is 5.69 Å². The number of rotatable bonds is 7. The molecule has 11 heteroatoms. The van der Waals surface area contributed by atoms with Crippen molar-refractivity contribution in [2.75, 3.05) is 5.32 Å². The predicted molar refractivity (Wildman–Crippen MR) is 105 cm³/mol. The number of nitrogens with one attached hydrogen (secondary N) is 1. The molecule has 1 unspecified atom stereocenters. The SMILES string of the molecule is CCC(C(=O)Nc1nn(Cc2ccccc2Cl)cc1Cl)n1cc([N+](=O)[O-])cn1. The van der Waals surface area contributed by atoms with E-state index in [2.05, 4.69) is 15.5 Å². The molecule has 0 aliphatic heterocycles. The normalized spacial score (nSPS) is 12.0. The summed E-state index contributed by atoms with van der Waals surface area (Å²) in [5.74, 6) is -0.232. The fraction of sp³-hybridized carbons (Fsp3) is 0.235. The molecule has 3 rings (SSSR count). The molecule has 0 aliphatic carbocycles. The van der Waals surface area contributed by atoms with E-state index in [9.17, 15) is 14.9 Å². The maximum atomic E-state index is 12.6. The molecule has 0 fully saturated rings. The summed E-state index contributed by atoms with van der Waals surface area (Å²) >= 11 is 12.3. The lowest BCUT2D eigenvalue weighted by molar-refractivity contribution is -0.385. The van der Waals surface area contributed by atoms with Crippen molar-refractivity contribution in [3.8, 4) is 0 Å². The minimum atomic E-state index is -0.738. The number of nitro groups is 1. The third kappa shape index (κ3) is 4.32. The predicted octanol–water partition coefficient (Wildman–Crippen LogP) is 3.93. The second-order valence-electron chi connectivity index (χ2n) is 5.96. The molecule has 0 spiro atoms. The maximum absolute atomic E-state index is 12.6. The number of carbonyl (C=O) groups excluding carboxylic acids is 1. The molecule has 1 atom stereocenters. The molecule has 0 radical (unpaired) electrons. The first-order valence-corrected chi connectivity index (χ1v) is 9.10. The van der Waals surface area contributed by atoms with E-state index in [0.717, 1.165) is 11.8 Å². The fourth-order valence-corrected chi connectivity index (χ4v) is 3.04. The molecule has 1 N–H and O–H groups in total. The van der Waals surface area contributed by atoms with Crippen molar-refractivity contribution in [2.24, 2.45) is 0 Å². The van der Waals surface area contributed by atoms with Gasteiger partial charge in [-0.1, -0.05) is 48.3 Å². The summed E-state index contributed by atoms with van der Waals surface area (Å²) in [4.78, 5) is 22.9. The smallest absolute Gasteiger partial charge is 0.306 e. The summed E-state index contributed by atoms with van der Waals surface area (Å²) in [5, 5.41) is 22.5. The zero-order valence-electron chi connectivity index (χ0n) is 14.7. The van der Waals surface area contributed by atoms with Crippen molar-refractivity contribution in [2.45, 2.75) is 25.9 Å². The molecule has 0 aliphatic rings. The van der Waals surface area contributed by atoms with E-state index < -0.39 is 16.9 Å². The van der Waals surface area contributed by atoms with Gasteiger partial charge in [0.05, 0.1) is 11.5 Å². The van der Waals surface area contributed by atoms with E-state index in [1.54, 1.807) is 23.9 Å². The van der Waals surface area contributed by atoms with Crippen LogP contribution in [-0.4, -0.2) is 30.4 Å². The minimum absolute atomic E-state index is 0.187. The minimum Gasteiger partial charge on any atom is -0.306 e. The van der Waals surface area contributed by atoms with E-state index in [1.807, 2.05) is 18.2 Å². The van der Waals surface area contributed by atoms with Crippen LogP contribution < -0.4 is 5.32 Å². The molecule has 1 amide bonds. The van der Waals surface area contributed by atoms with E-state index in [-0.39, 0.29) is 16.5 Å². The Morgan fingerprint density at radius 2 is 2.04 bits per heavy atom. The average molecular weight is 423 g/mol. The monoisotopic (exact) mass is 422 g/mol. The van der Waals surface area contributed by atoms with Gasteiger partial charge in [0.2, 0.25) is 5.91 Å². The number of amides is 1. The van der Waals surface area contributed by atoms with Crippen LogP contribution in [-0.2, 0) is 11.3 Å². The van der Waals surface area contributed by atoms with Crippen LogP contribution >= 0.6 is 23.2 Å². The van der Waals surface area contributed by atoms with Crippen molar-refractivity contribution >= 4 is 40.6 Å². The van der Waals surface area contributed by atoms with Crippen molar-refractivity contribution in [3.63, 3.8) is 0 Å². The number of hydrogen-bond donors (Lipinski definition) is 1. The lowest BCUT2D eigenvalue weighted by Gasteiger charge is -2.14. The Hall–Kier alpha value is -2.91. The van der Waals surface area contributed by atoms with Crippen LogP contribution in [0, 0.1) is 10.1 Å². The van der Waals surface area contributed by atoms with Crippen LogP contribution in [0.3, 0.4) is 0 Å². The van der Waals surface area contributed by atoms with Crippen LogP contribution in [0.15, 0.2) is 42.9 Å². The number of hydrogen-bond acceptors (Lipinski definition) is 5. The van der Waals surface area contributed by atoms with E-state index in [1.165, 1.54) is 10.9 Å². The summed E-state index contributed by atoms with van der Waals surface area (Å²) in [6, 6.07) is 6.61. The number of aromatic nitrogens is 4. The largest absolute Gasteiger partial charge is 0.307 e. The highest BCUT2D eigenvalue weighted by molar-refractivity contribution is 6.33. The van der Waals surface area contributed by atoms with Gasteiger partial charge in [0.25, 0.3) is 0 Å². The Morgan fingerprint density at radius 1 is 1.29 bits per heavy atom. The maximum Gasteiger partial charge on any atom is 0.307 e. The zero-order chi connectivity index (χ0) is 20.3. The third-order valence-corrected chi connectivity index (χ3v) is 4.70. The molecule has 0 bridgehead atoms. The highest BCUT2D eigenvalue weighted by Crippen LogP contribution is 2.24. The lowest BCUT2D eigenvalue weighted by Crippen LogP contribution is -2.26. The van der Waals surface area contributed by atoms with Crippen LogP contribution in [0.2, 0.25) is 10.0 Å². The van der Waals surface area contributed by atoms with Gasteiger partial charge in [-0.2, -0.15) is 10.2 Å². The second-order valence-corrected chi connectivity index (χ2v) is 6.78. The standard InChI is InChI=1S/C17H16Cl2N6O3/c1-2-15(24-9-12(7-20-24)25(27)28)17(26)21-16-14(19)10-23(22-16)8-11-5-3-4-6-13(11)18/h3-7,9-10,15H,2,8H2,1H3,(H,21,22,26). The van der Waals surface area contributed by atoms with E-state index in [4.69, 9.17) is 23.2 Å². The molecule has 9 nitrogen and oxygen atoms in total. The Labute approximate surface area is 170 Å². The van der Waals surface area contributed by atoms with Crippen molar-refractivity contribution in [1.82, 2.24) is 19.6 Å². The Morgan fingerprint density at radius 3 is 2.68 bits per heavy atom. The summed E-state index contributed by atoms with van der Waals surface area (Å²) in [7, 11) is 0. The third-order valence-electron chi connectivity index (χ3n) is 4.06. The number of anilines is 1. The Kier molecular flexibility index (Phi) is 5.96. The van der Waals surface area contributed by atoms with Gasteiger partial charge in [-0.25, -0.2) is 0 Å². The highest BCUT2D eigenvalue weighted by atomic mass is 35.5. The molecular formula is C17H16Cl2N6O3. The van der Waals surface area contributed by atoms with Gasteiger partial charge in [0.15, 0.2) is 5.82 Å². The van der Waals surface area contributed by atoms with Crippen molar-refractivity contribution in [1.29, 1.82) is 0 Å². The number of nitrogens with zero attached hydrogens (tertiary/aromatic N) is 5. The molecule has 2 aromatic heterocycles. The highest BCUT2D eigenvalue weighted by Gasteiger charge is 2.23. The summed E-state index contributed by atoms with van der Waals surface area (Å²) in [6.45, 7) is 2.16. The fourth-order valence-electron chi connectivity index (χ4n) is 2.65. The Balaban J connectivity index is 1.75. The van der Waals surface area contributed by atoms with Crippen LogP contribution in [0.5, 0.6) is 0 Å². The lowest BCUT2D eigenvalue weighted by atomic mass is 10.2. The zero-order valence-corrected chi connectivity index (χ0v) is 16.3. The van der Waals surface area contributed by atoms with Gasteiger partial charge in [0, 0.05) is 11.2 Å². The Bertz CT molecular complexity index is 1020. The van der Waals surface area contributed by atoms with Gasteiger partial charge < -0.3 is 5.32 Å². The molecule has 3 aromatic rings. The van der Waals surface area contributed by atoms with E-state index in [0.29, 0.717) is 18.0 Å². The topological polar surface area (TPSA) is 108 Å². The van der Waals surface area contributed by atoms with Crippen molar-refractivity contribution in [3.05, 3.63) is 68.6 Å². The van der Waals surface area contributed by atoms with E-state index >= 15 is 0 Å².